The van der Waals surface area contributed by atoms with Crippen molar-refractivity contribution in [3.63, 3.8) is 0 Å². The Labute approximate surface area is 159 Å². The Hall–Kier alpha value is -1.76. The van der Waals surface area contributed by atoms with Gasteiger partial charge in [0.2, 0.25) is 0 Å². The van der Waals surface area contributed by atoms with Crippen LogP contribution in [-0.4, -0.2) is 44.4 Å². The highest BCUT2D eigenvalue weighted by molar-refractivity contribution is 8.04. The van der Waals surface area contributed by atoms with Crippen molar-refractivity contribution < 1.29 is 4.74 Å². The summed E-state index contributed by atoms with van der Waals surface area (Å²) < 4.78 is 8.75. The molecule has 0 bridgehead atoms. The number of rotatable bonds is 5. The van der Waals surface area contributed by atoms with E-state index in [-0.39, 0.29) is 0 Å². The summed E-state index contributed by atoms with van der Waals surface area (Å²) in [5.74, 6) is 0. The molecule has 138 valence electrons. The second kappa shape index (κ2) is 7.86. The number of nitrogens with one attached hydrogen (secondary N) is 2. The van der Waals surface area contributed by atoms with Crippen LogP contribution in [0.15, 0.2) is 29.3 Å². The molecule has 0 radical (unpaired) electrons. The highest BCUT2D eigenvalue weighted by Crippen LogP contribution is 2.50. The van der Waals surface area contributed by atoms with Crippen LogP contribution in [0.2, 0.25) is 0 Å². The Bertz CT molecular complexity index is 779. The number of nitrogens with zero attached hydrogens (tertiary/aromatic N) is 2. The molecule has 1 aliphatic carbocycles. The molecule has 4 aliphatic rings. The van der Waals surface area contributed by atoms with Gasteiger partial charge in [-0.25, -0.2) is 0 Å². The van der Waals surface area contributed by atoms with Gasteiger partial charge in [0, 0.05) is 61.6 Å². The van der Waals surface area contributed by atoms with Crippen molar-refractivity contribution in [2.45, 2.75) is 25.8 Å². The average molecular weight is 371 g/mol. The summed E-state index contributed by atoms with van der Waals surface area (Å²) in [6, 6.07) is 6.74. The zero-order valence-corrected chi connectivity index (χ0v) is 16.2. The summed E-state index contributed by atoms with van der Waals surface area (Å²) in [6.45, 7) is 6.00. The Balaban J connectivity index is 1.69. The second-order valence-corrected chi connectivity index (χ2v) is 7.97. The molecule has 3 aliphatic heterocycles. The third kappa shape index (κ3) is 3.41. The number of anilines is 2. The van der Waals surface area contributed by atoms with Crippen molar-refractivity contribution in [2.75, 3.05) is 43.0 Å². The zero-order chi connectivity index (χ0) is 17.9. The van der Waals surface area contributed by atoms with Gasteiger partial charge in [0.05, 0.1) is 17.1 Å². The first-order valence-electron chi connectivity index (χ1n) is 9.27. The molecule has 0 spiro atoms. The largest absolute Gasteiger partial charge is 0.385 e. The highest BCUT2D eigenvalue weighted by atomic mass is 32.2. The fourth-order valence-electron chi connectivity index (χ4n) is 3.88. The van der Waals surface area contributed by atoms with Gasteiger partial charge in [0.25, 0.3) is 0 Å². The normalized spacial score (nSPS) is 19.8. The molecule has 0 aromatic rings. The summed E-state index contributed by atoms with van der Waals surface area (Å²) >= 11 is 1.68. The van der Waals surface area contributed by atoms with E-state index in [2.05, 4.69) is 40.1 Å². The van der Waals surface area contributed by atoms with Gasteiger partial charge in [-0.3, -0.25) is 4.98 Å². The van der Waals surface area contributed by atoms with Crippen LogP contribution in [0, 0.1) is 0 Å². The number of piperazine rings is 1. The van der Waals surface area contributed by atoms with Gasteiger partial charge in [-0.2, -0.15) is 0 Å². The van der Waals surface area contributed by atoms with Crippen molar-refractivity contribution >= 4 is 29.4 Å². The molecule has 0 aromatic carbocycles. The molecule has 0 saturated carbocycles. The number of aromatic nitrogens is 1. The number of allylic oxidation sites excluding steroid dienone is 1. The molecular weight excluding hydrogens is 344 g/mol. The lowest BCUT2D eigenvalue weighted by atomic mass is 10.1. The quantitative estimate of drug-likeness (QED) is 0.616. The van der Waals surface area contributed by atoms with Crippen molar-refractivity contribution in [1.82, 2.24) is 10.3 Å². The predicted octanol–water partition coefficient (Wildman–Crippen LogP) is 3.83. The van der Waals surface area contributed by atoms with Gasteiger partial charge < -0.3 is 19.7 Å². The number of methoxy groups -OCH3 is 1. The van der Waals surface area contributed by atoms with E-state index in [4.69, 9.17) is 9.72 Å². The van der Waals surface area contributed by atoms with Crippen LogP contribution >= 0.6 is 11.9 Å². The third-order valence-corrected chi connectivity index (χ3v) is 5.82. The lowest BCUT2D eigenvalue weighted by Crippen LogP contribution is -2.51. The van der Waals surface area contributed by atoms with Crippen LogP contribution in [-0.2, 0) is 4.74 Å². The maximum atomic E-state index is 5.22. The van der Waals surface area contributed by atoms with Gasteiger partial charge in [-0.1, -0.05) is 12.1 Å². The van der Waals surface area contributed by atoms with Crippen molar-refractivity contribution in [2.24, 2.45) is 0 Å². The summed E-state index contributed by atoms with van der Waals surface area (Å²) in [5.41, 5.74) is 6.05. The van der Waals surface area contributed by atoms with Crippen LogP contribution in [0.1, 0.15) is 25.3 Å². The lowest BCUT2D eigenvalue weighted by molar-refractivity contribution is 0.188. The topological polar surface area (TPSA) is 49.4 Å². The van der Waals surface area contributed by atoms with E-state index < -0.39 is 0 Å². The third-order valence-electron chi connectivity index (χ3n) is 5.07. The standard InChI is InChI=1S/C20H26N4OS/c1-14-12-17-18(23-26-14)16-7-3-4-8-22-19(16)20(17)24-10-9-21-15(13-24)6-5-11-25-2/h3-4,7-8,12,15,21,23H,5-6,9-11,13H2,1-2H3/t15-/m0/s1. The summed E-state index contributed by atoms with van der Waals surface area (Å²) in [6.07, 6.45) is 6.43. The van der Waals surface area contributed by atoms with Crippen LogP contribution in [0.25, 0.3) is 17.3 Å². The van der Waals surface area contributed by atoms with Crippen molar-refractivity contribution in [3.8, 4) is 11.3 Å². The first kappa shape index (κ1) is 17.6. The smallest absolute Gasteiger partial charge is 0.0963 e. The second-order valence-electron chi connectivity index (χ2n) is 6.92. The van der Waals surface area contributed by atoms with Gasteiger partial charge >= 0.3 is 0 Å². The average Bonchev–Trinajstić information content (AvgIpc) is 2.79. The minimum Gasteiger partial charge on any atom is -0.385 e. The molecule has 4 rings (SSSR count). The van der Waals surface area contributed by atoms with E-state index in [1.165, 1.54) is 27.4 Å². The Kier molecular flexibility index (Phi) is 5.33. The molecule has 0 amide bonds. The van der Waals surface area contributed by atoms with E-state index in [1.807, 2.05) is 12.3 Å². The van der Waals surface area contributed by atoms with E-state index >= 15 is 0 Å². The van der Waals surface area contributed by atoms with Gasteiger partial charge in [-0.05, 0) is 43.9 Å². The van der Waals surface area contributed by atoms with Gasteiger partial charge in [-0.15, -0.1) is 0 Å². The number of hydrogen-bond acceptors (Lipinski definition) is 6. The number of hydrogen-bond donors (Lipinski definition) is 2. The molecule has 0 aromatic heterocycles. The van der Waals surface area contributed by atoms with E-state index in [1.54, 1.807) is 19.1 Å². The Morgan fingerprint density at radius 3 is 3.19 bits per heavy atom. The van der Waals surface area contributed by atoms with Crippen LogP contribution < -0.4 is 14.9 Å². The number of fused-ring (bicyclic) bond motifs is 3. The molecule has 1 atom stereocenters. The van der Waals surface area contributed by atoms with Crippen LogP contribution in [0.4, 0.5) is 11.4 Å². The van der Waals surface area contributed by atoms with Crippen LogP contribution in [0.5, 0.6) is 0 Å². The van der Waals surface area contributed by atoms with E-state index in [0.717, 1.165) is 44.8 Å². The fraction of sp³-hybridized carbons (Fsp3) is 0.450. The molecule has 6 heteroatoms. The van der Waals surface area contributed by atoms with E-state index in [0.29, 0.717) is 6.04 Å². The Morgan fingerprint density at radius 1 is 1.38 bits per heavy atom. The molecule has 5 nitrogen and oxygen atoms in total. The van der Waals surface area contributed by atoms with Gasteiger partial charge in [0.15, 0.2) is 0 Å². The first-order valence-corrected chi connectivity index (χ1v) is 10.1. The Morgan fingerprint density at radius 2 is 2.31 bits per heavy atom. The molecule has 1 fully saturated rings. The fourth-order valence-corrected chi connectivity index (χ4v) is 4.54. The maximum Gasteiger partial charge on any atom is 0.0963 e. The van der Waals surface area contributed by atoms with Crippen molar-refractivity contribution in [3.05, 3.63) is 34.9 Å². The zero-order valence-electron chi connectivity index (χ0n) is 15.4. The lowest BCUT2D eigenvalue weighted by Gasteiger charge is -2.36. The summed E-state index contributed by atoms with van der Waals surface area (Å²) in [7, 11) is 1.77. The monoisotopic (exact) mass is 370 g/mol. The molecule has 2 N–H and O–H groups in total. The first-order chi connectivity index (χ1) is 12.8. The van der Waals surface area contributed by atoms with Crippen molar-refractivity contribution in [1.29, 1.82) is 0 Å². The minimum absolute atomic E-state index is 0.493. The molecule has 0 unspecified atom stereocenters. The summed E-state index contributed by atoms with van der Waals surface area (Å²) in [5, 5.41) is 3.66. The molecular formula is C20H26N4OS. The summed E-state index contributed by atoms with van der Waals surface area (Å²) in [4.78, 5) is 8.59. The van der Waals surface area contributed by atoms with E-state index in [9.17, 15) is 0 Å². The SMILES string of the molecule is COCCC[C@H]1CN(c2c3nccccc-3c3c2C=C(C)SN3)CCN1. The maximum absolute atomic E-state index is 5.22. The highest BCUT2D eigenvalue weighted by Gasteiger charge is 2.30. The van der Waals surface area contributed by atoms with Gasteiger partial charge in [0.1, 0.15) is 0 Å². The minimum atomic E-state index is 0.493. The predicted molar refractivity (Wildman–Crippen MR) is 111 cm³/mol. The molecule has 26 heavy (non-hydrogen) atoms. The molecule has 1 saturated heterocycles. The molecule has 3 heterocycles. The number of ether oxygens (including phenoxy) is 1. The van der Waals surface area contributed by atoms with Crippen LogP contribution in [0.3, 0.4) is 0 Å².